The van der Waals surface area contributed by atoms with E-state index in [4.69, 9.17) is 4.74 Å². The second-order valence-corrected chi connectivity index (χ2v) is 4.81. The van der Waals surface area contributed by atoms with Gasteiger partial charge in [0.05, 0.1) is 13.3 Å². The first-order valence-corrected chi connectivity index (χ1v) is 6.70. The molecule has 1 N–H and O–H groups in total. The van der Waals surface area contributed by atoms with Crippen molar-refractivity contribution >= 4 is 0 Å². The second-order valence-electron chi connectivity index (χ2n) is 4.81. The van der Waals surface area contributed by atoms with Crippen LogP contribution < -0.4 is 4.74 Å². The number of aromatic nitrogens is 2. The van der Waals surface area contributed by atoms with Crippen molar-refractivity contribution in [2.45, 2.75) is 45.3 Å². The third-order valence-corrected chi connectivity index (χ3v) is 3.54. The van der Waals surface area contributed by atoms with Crippen LogP contribution in [0.1, 0.15) is 44.4 Å². The fourth-order valence-corrected chi connectivity index (χ4v) is 2.55. The zero-order chi connectivity index (χ0) is 13.0. The number of ether oxygens (including phenoxy) is 1. The lowest BCUT2D eigenvalue weighted by atomic mass is 9.87. The Balaban J connectivity index is 2.23. The van der Waals surface area contributed by atoms with E-state index in [9.17, 15) is 5.11 Å². The number of allylic oxidation sites excluding steroid dienone is 2. The predicted molar refractivity (Wildman–Crippen MR) is 70.5 cm³/mol. The van der Waals surface area contributed by atoms with Crippen LogP contribution in [-0.4, -0.2) is 22.0 Å². The van der Waals surface area contributed by atoms with Gasteiger partial charge in [-0.1, -0.05) is 19.1 Å². The molecule has 2 unspecified atom stereocenters. The van der Waals surface area contributed by atoms with E-state index in [1.54, 1.807) is 13.3 Å². The van der Waals surface area contributed by atoms with E-state index in [2.05, 4.69) is 24.2 Å². The summed E-state index contributed by atoms with van der Waals surface area (Å²) in [6.45, 7) is 2.92. The molecule has 0 radical (unpaired) electrons. The molecule has 0 aromatic carbocycles. The molecule has 2 atom stereocenters. The van der Waals surface area contributed by atoms with Crippen molar-refractivity contribution in [1.82, 2.24) is 9.78 Å². The van der Waals surface area contributed by atoms with Crippen molar-refractivity contribution in [3.05, 3.63) is 24.0 Å². The number of aliphatic hydroxyl groups is 1. The number of rotatable bonds is 5. The summed E-state index contributed by atoms with van der Waals surface area (Å²) in [4.78, 5) is 0. The normalized spacial score (nSPS) is 20.9. The maximum atomic E-state index is 10.6. The Labute approximate surface area is 108 Å². The van der Waals surface area contributed by atoms with Gasteiger partial charge in [0.25, 0.3) is 0 Å². The molecule has 4 heteroatoms. The number of nitrogens with zero attached hydrogens (tertiary/aromatic N) is 2. The summed E-state index contributed by atoms with van der Waals surface area (Å²) in [6, 6.07) is 0. The Morgan fingerprint density at radius 2 is 2.39 bits per heavy atom. The highest BCUT2D eigenvalue weighted by Gasteiger charge is 2.27. The number of methoxy groups -OCH3 is 1. The number of aryl methyl sites for hydroxylation is 1. The second kappa shape index (κ2) is 6.05. The van der Waals surface area contributed by atoms with Crippen LogP contribution >= 0.6 is 0 Å². The van der Waals surface area contributed by atoms with E-state index in [-0.39, 0.29) is 5.92 Å². The highest BCUT2D eigenvalue weighted by atomic mass is 16.5. The zero-order valence-electron chi connectivity index (χ0n) is 11.2. The van der Waals surface area contributed by atoms with Crippen molar-refractivity contribution in [1.29, 1.82) is 0 Å². The average Bonchev–Trinajstić information content (AvgIpc) is 2.82. The van der Waals surface area contributed by atoms with Gasteiger partial charge in [0.1, 0.15) is 11.8 Å². The third kappa shape index (κ3) is 2.58. The fourth-order valence-electron chi connectivity index (χ4n) is 2.55. The first-order chi connectivity index (χ1) is 8.77. The van der Waals surface area contributed by atoms with Gasteiger partial charge in [-0.3, -0.25) is 4.68 Å². The van der Waals surface area contributed by atoms with Gasteiger partial charge in [0.15, 0.2) is 5.75 Å². The van der Waals surface area contributed by atoms with Crippen molar-refractivity contribution in [3.8, 4) is 5.75 Å². The summed E-state index contributed by atoms with van der Waals surface area (Å²) in [5.74, 6) is 0.974. The predicted octanol–water partition coefficient (Wildman–Crippen LogP) is 2.69. The Bertz CT molecular complexity index is 412. The summed E-state index contributed by atoms with van der Waals surface area (Å²) in [7, 11) is 1.63. The molecule has 0 fully saturated rings. The summed E-state index contributed by atoms with van der Waals surface area (Å²) in [5, 5.41) is 14.9. The first-order valence-electron chi connectivity index (χ1n) is 6.70. The van der Waals surface area contributed by atoms with E-state index in [1.165, 1.54) is 0 Å². The van der Waals surface area contributed by atoms with Crippen LogP contribution in [0.3, 0.4) is 0 Å². The molecular weight excluding hydrogens is 228 g/mol. The number of aliphatic hydroxyl groups excluding tert-OH is 1. The number of hydrogen-bond donors (Lipinski definition) is 1. The zero-order valence-corrected chi connectivity index (χ0v) is 11.2. The maximum absolute atomic E-state index is 10.6. The van der Waals surface area contributed by atoms with E-state index in [0.29, 0.717) is 5.75 Å². The third-order valence-electron chi connectivity index (χ3n) is 3.54. The molecule has 0 amide bonds. The first kappa shape index (κ1) is 13.1. The molecular formula is C14H22N2O2. The van der Waals surface area contributed by atoms with Gasteiger partial charge >= 0.3 is 0 Å². The van der Waals surface area contributed by atoms with Crippen molar-refractivity contribution in [3.63, 3.8) is 0 Å². The van der Waals surface area contributed by atoms with Crippen molar-refractivity contribution in [2.24, 2.45) is 5.92 Å². The molecule has 0 saturated carbocycles. The molecule has 2 rings (SSSR count). The standard InChI is InChI=1S/C14H22N2O2/c1-3-9-16-13(12(18-2)10-15-16)14(17)11-7-5-4-6-8-11/h4-5,10-11,14,17H,3,6-9H2,1-2H3. The van der Waals surface area contributed by atoms with Crippen LogP contribution in [-0.2, 0) is 6.54 Å². The minimum Gasteiger partial charge on any atom is -0.493 e. The van der Waals surface area contributed by atoms with Gasteiger partial charge in [-0.05, 0) is 31.6 Å². The Kier molecular flexibility index (Phi) is 4.42. The molecule has 0 aliphatic heterocycles. The Morgan fingerprint density at radius 3 is 3.00 bits per heavy atom. The Morgan fingerprint density at radius 1 is 1.56 bits per heavy atom. The lowest BCUT2D eigenvalue weighted by Gasteiger charge is -2.25. The van der Waals surface area contributed by atoms with Crippen LogP contribution in [0.4, 0.5) is 0 Å². The molecule has 1 heterocycles. The quantitative estimate of drug-likeness (QED) is 0.817. The van der Waals surface area contributed by atoms with Gasteiger partial charge in [0, 0.05) is 6.54 Å². The van der Waals surface area contributed by atoms with Crippen molar-refractivity contribution in [2.75, 3.05) is 7.11 Å². The molecule has 1 aromatic heterocycles. The summed E-state index contributed by atoms with van der Waals surface area (Å²) in [6.07, 6.45) is 9.56. The van der Waals surface area contributed by atoms with Gasteiger partial charge in [-0.15, -0.1) is 0 Å². The molecule has 0 spiro atoms. The molecule has 1 aliphatic carbocycles. The van der Waals surface area contributed by atoms with Gasteiger partial charge in [-0.25, -0.2) is 0 Å². The molecule has 100 valence electrons. The topological polar surface area (TPSA) is 47.3 Å². The van der Waals surface area contributed by atoms with E-state index < -0.39 is 6.10 Å². The Hall–Kier alpha value is -1.29. The minimum absolute atomic E-state index is 0.274. The monoisotopic (exact) mass is 250 g/mol. The van der Waals surface area contributed by atoms with Crippen LogP contribution in [0.15, 0.2) is 18.3 Å². The minimum atomic E-state index is -0.487. The summed E-state index contributed by atoms with van der Waals surface area (Å²) in [5.41, 5.74) is 0.833. The van der Waals surface area contributed by atoms with Crippen LogP contribution in [0, 0.1) is 5.92 Å². The number of hydrogen-bond acceptors (Lipinski definition) is 3. The summed E-state index contributed by atoms with van der Waals surface area (Å²) >= 11 is 0. The van der Waals surface area contributed by atoms with E-state index in [1.807, 2.05) is 4.68 Å². The van der Waals surface area contributed by atoms with Crippen LogP contribution in [0.2, 0.25) is 0 Å². The van der Waals surface area contributed by atoms with E-state index in [0.717, 1.165) is 37.9 Å². The maximum Gasteiger partial charge on any atom is 0.162 e. The van der Waals surface area contributed by atoms with Crippen molar-refractivity contribution < 1.29 is 9.84 Å². The smallest absolute Gasteiger partial charge is 0.162 e. The molecule has 1 aromatic rings. The lowest BCUT2D eigenvalue weighted by molar-refractivity contribution is 0.0905. The molecule has 4 nitrogen and oxygen atoms in total. The molecule has 1 aliphatic rings. The van der Waals surface area contributed by atoms with Gasteiger partial charge < -0.3 is 9.84 Å². The van der Waals surface area contributed by atoms with E-state index >= 15 is 0 Å². The van der Waals surface area contributed by atoms with Gasteiger partial charge in [-0.2, -0.15) is 5.10 Å². The van der Waals surface area contributed by atoms with Crippen LogP contribution in [0.5, 0.6) is 5.75 Å². The van der Waals surface area contributed by atoms with Gasteiger partial charge in [0.2, 0.25) is 0 Å². The summed E-state index contributed by atoms with van der Waals surface area (Å²) < 4.78 is 7.20. The average molecular weight is 250 g/mol. The fraction of sp³-hybridized carbons (Fsp3) is 0.643. The molecule has 0 bridgehead atoms. The highest BCUT2D eigenvalue weighted by Crippen LogP contribution is 2.35. The largest absolute Gasteiger partial charge is 0.493 e. The highest BCUT2D eigenvalue weighted by molar-refractivity contribution is 5.28. The van der Waals surface area contributed by atoms with Crippen LogP contribution in [0.25, 0.3) is 0 Å². The SMILES string of the molecule is CCCn1ncc(OC)c1C(O)C1CC=CCC1. The lowest BCUT2D eigenvalue weighted by Crippen LogP contribution is -2.19. The molecule has 18 heavy (non-hydrogen) atoms. The molecule has 0 saturated heterocycles.